The van der Waals surface area contributed by atoms with E-state index in [9.17, 15) is 26.4 Å². The summed E-state index contributed by atoms with van der Waals surface area (Å²) >= 11 is 0.332. The van der Waals surface area contributed by atoms with Crippen molar-refractivity contribution in [2.24, 2.45) is 0 Å². The highest BCUT2D eigenvalue weighted by Crippen LogP contribution is 2.36. The van der Waals surface area contributed by atoms with Gasteiger partial charge in [-0.2, -0.15) is 13.2 Å². The molecule has 1 aliphatic rings. The number of amides is 1. The van der Waals surface area contributed by atoms with Crippen molar-refractivity contribution in [1.29, 1.82) is 0 Å². The van der Waals surface area contributed by atoms with Crippen LogP contribution in [0.1, 0.15) is 50.8 Å². The molecule has 2 heterocycles. The zero-order valence-electron chi connectivity index (χ0n) is 22.5. The van der Waals surface area contributed by atoms with Crippen LogP contribution in [-0.4, -0.2) is 42.5 Å². The number of hydrogen-bond acceptors (Lipinski definition) is 7. The number of ether oxygens (including phenoxy) is 1. The van der Waals surface area contributed by atoms with E-state index in [4.69, 9.17) is 4.74 Å². The molecule has 0 aliphatic carbocycles. The molecule has 42 heavy (non-hydrogen) atoms. The van der Waals surface area contributed by atoms with Gasteiger partial charge in [0.1, 0.15) is 5.75 Å². The van der Waals surface area contributed by atoms with Gasteiger partial charge in [-0.15, -0.1) is 5.10 Å². The van der Waals surface area contributed by atoms with E-state index in [2.05, 4.69) is 14.9 Å². The lowest BCUT2D eigenvalue weighted by molar-refractivity contribution is -0.138. The van der Waals surface area contributed by atoms with Crippen LogP contribution >= 0.6 is 11.3 Å². The smallest absolute Gasteiger partial charge is 0.430 e. The zero-order valence-corrected chi connectivity index (χ0v) is 24.1. The van der Waals surface area contributed by atoms with Crippen molar-refractivity contribution in [3.8, 4) is 10.9 Å². The van der Waals surface area contributed by atoms with Crippen molar-refractivity contribution in [3.05, 3.63) is 100 Å². The molecule has 1 fully saturated rings. The number of nitrogens with zero attached hydrogens (tertiary/aromatic N) is 3. The fourth-order valence-electron chi connectivity index (χ4n) is 4.74. The quantitative estimate of drug-likeness (QED) is 0.239. The van der Waals surface area contributed by atoms with Gasteiger partial charge in [-0.1, -0.05) is 65.0 Å². The van der Waals surface area contributed by atoms with Crippen molar-refractivity contribution in [2.75, 3.05) is 17.8 Å². The number of anilines is 1. The summed E-state index contributed by atoms with van der Waals surface area (Å²) in [4.78, 5) is 15.1. The summed E-state index contributed by atoms with van der Waals surface area (Å²) in [6, 6.07) is 21.0. The average Bonchev–Trinajstić information content (AvgIpc) is 3.44. The Balaban J connectivity index is 1.17. The SMILES string of the molecule is Cc1ccc(C(=O)N2CCC(c3ccc(Oc4nnc(C(F)(F)F)s4)cc3)CC2)cc1NS(=O)(=O)Cc1ccccc1. The van der Waals surface area contributed by atoms with Crippen LogP contribution in [0, 0.1) is 6.92 Å². The van der Waals surface area contributed by atoms with Crippen LogP contribution in [0.4, 0.5) is 18.9 Å². The topological polar surface area (TPSA) is 101 Å². The first kappa shape index (κ1) is 29.5. The Hall–Kier alpha value is -3.97. The van der Waals surface area contributed by atoms with E-state index in [0.717, 1.165) is 18.4 Å². The lowest BCUT2D eigenvalue weighted by Gasteiger charge is -2.32. The number of nitrogens with one attached hydrogen (secondary N) is 1. The molecule has 5 rings (SSSR count). The Kier molecular flexibility index (Phi) is 8.50. The Morgan fingerprint density at radius 1 is 1.02 bits per heavy atom. The van der Waals surface area contributed by atoms with Gasteiger partial charge in [0.2, 0.25) is 15.0 Å². The Morgan fingerprint density at radius 2 is 1.71 bits per heavy atom. The van der Waals surface area contributed by atoms with E-state index in [1.807, 2.05) is 18.2 Å². The Labute approximate surface area is 245 Å². The van der Waals surface area contributed by atoms with Gasteiger partial charge in [-0.05, 0) is 66.6 Å². The molecule has 8 nitrogen and oxygen atoms in total. The van der Waals surface area contributed by atoms with Crippen molar-refractivity contribution in [2.45, 2.75) is 37.6 Å². The number of carbonyl (C=O) groups excluding carboxylic acids is 1. The average molecular weight is 617 g/mol. The van der Waals surface area contributed by atoms with Gasteiger partial charge in [-0.3, -0.25) is 9.52 Å². The summed E-state index contributed by atoms with van der Waals surface area (Å²) in [6.07, 6.45) is -3.12. The number of carbonyl (C=O) groups is 1. The maximum Gasteiger partial charge on any atom is 0.445 e. The minimum Gasteiger partial charge on any atom is -0.430 e. The third-order valence-electron chi connectivity index (χ3n) is 6.94. The highest BCUT2D eigenvalue weighted by Gasteiger charge is 2.36. The molecule has 220 valence electrons. The predicted octanol–water partition coefficient (Wildman–Crippen LogP) is 6.62. The fraction of sp³-hybridized carbons (Fsp3) is 0.276. The number of aryl methyl sites for hydroxylation is 1. The van der Waals surface area contributed by atoms with Crippen LogP contribution in [-0.2, 0) is 22.0 Å². The van der Waals surface area contributed by atoms with Crippen LogP contribution < -0.4 is 9.46 Å². The fourth-order valence-corrected chi connectivity index (χ4v) is 6.58. The van der Waals surface area contributed by atoms with Crippen LogP contribution in [0.15, 0.2) is 72.8 Å². The number of aromatic nitrogens is 2. The molecule has 1 saturated heterocycles. The molecule has 1 aliphatic heterocycles. The van der Waals surface area contributed by atoms with Crippen molar-refractivity contribution < 1.29 is 31.1 Å². The molecule has 1 N–H and O–H groups in total. The first-order chi connectivity index (χ1) is 20.0. The lowest BCUT2D eigenvalue weighted by Crippen LogP contribution is -2.38. The molecular weight excluding hydrogens is 589 g/mol. The second-order valence-corrected chi connectivity index (χ2v) is 12.6. The normalized spacial score (nSPS) is 14.5. The maximum atomic E-state index is 13.3. The van der Waals surface area contributed by atoms with Gasteiger partial charge in [0.05, 0.1) is 11.4 Å². The van der Waals surface area contributed by atoms with Crippen LogP contribution in [0.2, 0.25) is 0 Å². The van der Waals surface area contributed by atoms with Crippen LogP contribution in [0.5, 0.6) is 10.9 Å². The second kappa shape index (κ2) is 12.1. The lowest BCUT2D eigenvalue weighted by atomic mass is 9.89. The third-order valence-corrected chi connectivity index (χ3v) is 9.03. The number of rotatable bonds is 8. The first-order valence-electron chi connectivity index (χ1n) is 13.1. The maximum absolute atomic E-state index is 13.3. The molecule has 0 spiro atoms. The van der Waals surface area contributed by atoms with Crippen LogP contribution in [0.25, 0.3) is 0 Å². The van der Waals surface area contributed by atoms with E-state index >= 15 is 0 Å². The van der Waals surface area contributed by atoms with Crippen molar-refractivity contribution in [3.63, 3.8) is 0 Å². The minimum atomic E-state index is -4.57. The summed E-state index contributed by atoms with van der Waals surface area (Å²) in [6.45, 7) is 2.83. The molecule has 3 aromatic carbocycles. The monoisotopic (exact) mass is 616 g/mol. The number of benzene rings is 3. The molecule has 4 aromatic rings. The number of sulfonamides is 1. The van der Waals surface area contributed by atoms with E-state index in [-0.39, 0.29) is 22.8 Å². The predicted molar refractivity (Wildman–Crippen MR) is 153 cm³/mol. The first-order valence-corrected chi connectivity index (χ1v) is 15.6. The van der Waals surface area contributed by atoms with Gasteiger partial charge in [-0.25, -0.2) is 8.42 Å². The molecule has 1 aromatic heterocycles. The van der Waals surface area contributed by atoms with E-state index in [0.29, 0.717) is 52.6 Å². The van der Waals surface area contributed by atoms with Crippen LogP contribution in [0.3, 0.4) is 0 Å². The van der Waals surface area contributed by atoms with E-state index in [1.54, 1.807) is 66.4 Å². The number of likely N-dealkylation sites (tertiary alicyclic amines) is 1. The molecule has 13 heteroatoms. The third kappa shape index (κ3) is 7.26. The summed E-state index contributed by atoms with van der Waals surface area (Å²) < 4.78 is 71.8. The zero-order chi connectivity index (χ0) is 29.9. The van der Waals surface area contributed by atoms with Gasteiger partial charge in [0.25, 0.3) is 11.1 Å². The molecule has 0 radical (unpaired) electrons. The molecule has 1 amide bonds. The second-order valence-electron chi connectivity index (χ2n) is 9.98. The van der Waals surface area contributed by atoms with Gasteiger partial charge >= 0.3 is 6.18 Å². The molecule has 0 unspecified atom stereocenters. The highest BCUT2D eigenvalue weighted by atomic mass is 32.2. The minimum absolute atomic E-state index is 0.170. The van der Waals surface area contributed by atoms with Gasteiger partial charge in [0, 0.05) is 18.7 Å². The summed E-state index contributed by atoms with van der Waals surface area (Å²) in [5.41, 5.74) is 3.19. The molecule has 0 bridgehead atoms. The number of piperidine rings is 1. The number of halogens is 3. The largest absolute Gasteiger partial charge is 0.445 e. The number of alkyl halides is 3. The summed E-state index contributed by atoms with van der Waals surface area (Å²) in [5.74, 6) is 0.203. The Morgan fingerprint density at radius 3 is 2.36 bits per heavy atom. The van der Waals surface area contributed by atoms with E-state index < -0.39 is 21.2 Å². The number of hydrogen-bond donors (Lipinski definition) is 1. The van der Waals surface area contributed by atoms with E-state index in [1.165, 1.54) is 0 Å². The summed E-state index contributed by atoms with van der Waals surface area (Å²) in [7, 11) is -3.68. The van der Waals surface area contributed by atoms with Gasteiger partial charge in [0.15, 0.2) is 0 Å². The molecular formula is C29H27F3N4O4S2. The summed E-state index contributed by atoms with van der Waals surface area (Å²) in [5, 5.41) is 5.30. The standard InChI is InChI=1S/C29H27F3N4O4S2/c1-19-7-8-23(17-25(19)35-42(38,39)18-20-5-3-2-4-6-20)26(37)36-15-13-22(14-16-36)21-9-11-24(12-10-21)40-28-34-33-27(41-28)29(30,31)32/h2-12,17,22,35H,13-16,18H2,1H3. The molecule has 0 saturated carbocycles. The molecule has 0 atom stereocenters. The Bertz CT molecular complexity index is 1650. The van der Waals surface area contributed by atoms with Crippen molar-refractivity contribution >= 4 is 33.0 Å². The van der Waals surface area contributed by atoms with Crippen molar-refractivity contribution in [1.82, 2.24) is 15.1 Å². The van der Waals surface area contributed by atoms with Gasteiger partial charge < -0.3 is 9.64 Å². The highest BCUT2D eigenvalue weighted by molar-refractivity contribution is 7.91.